The Bertz CT molecular complexity index is 985. The molecule has 1 aromatic heterocycles. The largest absolute Gasteiger partial charge is 0.495 e. The van der Waals surface area contributed by atoms with Gasteiger partial charge in [-0.2, -0.15) is 0 Å². The molecule has 3 N–H and O–H groups in total. The van der Waals surface area contributed by atoms with Crippen LogP contribution in [0.5, 0.6) is 5.75 Å². The van der Waals surface area contributed by atoms with Crippen LogP contribution in [-0.4, -0.2) is 38.2 Å². The molecule has 0 bridgehead atoms. The number of esters is 2. The third-order valence-corrected chi connectivity index (χ3v) is 6.16. The molecule has 1 aromatic carbocycles. The molecule has 0 spiro atoms. The Hall–Kier alpha value is -3.07. The summed E-state index contributed by atoms with van der Waals surface area (Å²) in [5.74, 6) is -1.21. The quantitative estimate of drug-likeness (QED) is 0.379. The topological polar surface area (TPSA) is 117 Å². The van der Waals surface area contributed by atoms with Crippen LogP contribution in [0.1, 0.15) is 57.3 Å². The molecule has 166 valence electrons. The summed E-state index contributed by atoms with van der Waals surface area (Å²) in [5, 5.41) is 3.17. The smallest absolute Gasteiger partial charge is 0.341 e. The fraction of sp³-hybridized carbons (Fsp3) is 0.409. The van der Waals surface area contributed by atoms with Gasteiger partial charge < -0.3 is 25.3 Å². The maximum Gasteiger partial charge on any atom is 0.341 e. The highest BCUT2D eigenvalue weighted by atomic mass is 32.1. The highest BCUT2D eigenvalue weighted by Gasteiger charge is 2.26. The summed E-state index contributed by atoms with van der Waals surface area (Å²) in [4.78, 5) is 38.3. The number of methoxy groups -OCH3 is 1. The van der Waals surface area contributed by atoms with E-state index in [0.717, 1.165) is 42.5 Å². The van der Waals surface area contributed by atoms with Gasteiger partial charge in [0.2, 0.25) is 0 Å². The van der Waals surface area contributed by atoms with Crippen LogP contribution in [0.2, 0.25) is 0 Å². The number of benzene rings is 1. The summed E-state index contributed by atoms with van der Waals surface area (Å²) in [6, 6.07) is 4.48. The van der Waals surface area contributed by atoms with E-state index in [0.29, 0.717) is 22.0 Å². The minimum atomic E-state index is -0.683. The molecule has 2 aromatic rings. The summed E-state index contributed by atoms with van der Waals surface area (Å²) in [6.45, 7) is 1.50. The first-order valence-electron chi connectivity index (χ1n) is 10.2. The number of anilines is 2. The van der Waals surface area contributed by atoms with Crippen LogP contribution < -0.4 is 15.8 Å². The van der Waals surface area contributed by atoms with Crippen LogP contribution in [0.4, 0.5) is 10.7 Å². The second-order valence-electron chi connectivity index (χ2n) is 7.07. The fourth-order valence-electron chi connectivity index (χ4n) is 3.49. The summed E-state index contributed by atoms with van der Waals surface area (Å²) >= 11 is 1.39. The first-order valence-corrected chi connectivity index (χ1v) is 11.0. The molecule has 0 saturated heterocycles. The minimum absolute atomic E-state index is 0.209. The molecule has 1 amide bonds. The SMILES string of the molecule is CCOC(=O)c1c(NC(=O)COC(=O)c2ccc(OC)c(N)c2)sc2c1CCCCC2. The van der Waals surface area contributed by atoms with Gasteiger partial charge >= 0.3 is 11.9 Å². The van der Waals surface area contributed by atoms with E-state index in [4.69, 9.17) is 19.9 Å². The Labute approximate surface area is 184 Å². The van der Waals surface area contributed by atoms with Crippen molar-refractivity contribution in [2.45, 2.75) is 39.0 Å². The number of nitrogens with one attached hydrogen (secondary N) is 1. The molecule has 0 radical (unpaired) electrons. The predicted molar refractivity (Wildman–Crippen MR) is 118 cm³/mol. The second kappa shape index (κ2) is 10.3. The Kier molecular flexibility index (Phi) is 7.51. The molecule has 9 heteroatoms. The first kappa shape index (κ1) is 22.6. The van der Waals surface area contributed by atoms with Crippen LogP contribution in [0.25, 0.3) is 0 Å². The number of hydrogen-bond acceptors (Lipinski definition) is 8. The van der Waals surface area contributed by atoms with E-state index in [-0.39, 0.29) is 12.2 Å². The predicted octanol–water partition coefficient (Wildman–Crippen LogP) is 3.58. The number of carbonyl (C=O) groups is 3. The number of carbonyl (C=O) groups excluding carboxylic acids is 3. The van der Waals surface area contributed by atoms with Gasteiger partial charge in [0.05, 0.1) is 30.5 Å². The van der Waals surface area contributed by atoms with Crippen molar-refractivity contribution in [3.05, 3.63) is 39.8 Å². The zero-order chi connectivity index (χ0) is 22.4. The lowest BCUT2D eigenvalue weighted by molar-refractivity contribution is -0.119. The lowest BCUT2D eigenvalue weighted by Crippen LogP contribution is -2.22. The van der Waals surface area contributed by atoms with E-state index >= 15 is 0 Å². The van der Waals surface area contributed by atoms with Crippen molar-refractivity contribution in [1.29, 1.82) is 0 Å². The highest BCUT2D eigenvalue weighted by Crippen LogP contribution is 2.38. The van der Waals surface area contributed by atoms with Crippen molar-refractivity contribution in [1.82, 2.24) is 0 Å². The van der Waals surface area contributed by atoms with E-state index in [2.05, 4.69) is 5.32 Å². The van der Waals surface area contributed by atoms with Crippen LogP contribution in [0, 0.1) is 0 Å². The summed E-state index contributed by atoms with van der Waals surface area (Å²) in [5.41, 5.74) is 7.69. The summed E-state index contributed by atoms with van der Waals surface area (Å²) in [7, 11) is 1.47. The summed E-state index contributed by atoms with van der Waals surface area (Å²) < 4.78 is 15.4. The molecule has 31 heavy (non-hydrogen) atoms. The van der Waals surface area contributed by atoms with E-state index in [1.54, 1.807) is 13.0 Å². The average molecular weight is 447 g/mol. The van der Waals surface area contributed by atoms with Crippen molar-refractivity contribution in [3.8, 4) is 5.75 Å². The van der Waals surface area contributed by atoms with E-state index in [9.17, 15) is 14.4 Å². The lowest BCUT2D eigenvalue weighted by Gasteiger charge is -2.10. The van der Waals surface area contributed by atoms with Crippen LogP contribution in [0.15, 0.2) is 18.2 Å². The van der Waals surface area contributed by atoms with Crippen molar-refractivity contribution < 1.29 is 28.6 Å². The molecule has 0 unspecified atom stereocenters. The molecule has 0 fully saturated rings. The van der Waals surface area contributed by atoms with Crippen molar-refractivity contribution in [2.24, 2.45) is 0 Å². The maximum atomic E-state index is 12.6. The van der Waals surface area contributed by atoms with Crippen molar-refractivity contribution in [3.63, 3.8) is 0 Å². The molecule has 1 heterocycles. The highest BCUT2D eigenvalue weighted by molar-refractivity contribution is 7.17. The molecule has 0 aliphatic heterocycles. The van der Waals surface area contributed by atoms with Gasteiger partial charge in [-0.1, -0.05) is 6.42 Å². The standard InChI is InChI=1S/C22H26N2O6S/c1-3-29-22(27)19-14-7-5-4-6-8-17(14)31-20(19)24-18(25)12-30-21(26)13-9-10-16(28-2)15(23)11-13/h9-11H,3-8,12,23H2,1-2H3,(H,24,25). The summed E-state index contributed by atoms with van der Waals surface area (Å²) in [6.07, 6.45) is 4.80. The van der Waals surface area contributed by atoms with Gasteiger partial charge in [0.15, 0.2) is 6.61 Å². The molecule has 3 rings (SSSR count). The van der Waals surface area contributed by atoms with E-state index < -0.39 is 24.5 Å². The molecule has 1 aliphatic rings. The monoisotopic (exact) mass is 446 g/mol. The number of nitrogens with two attached hydrogens (primary N) is 1. The number of thiophene rings is 1. The fourth-order valence-corrected chi connectivity index (χ4v) is 4.78. The zero-order valence-corrected chi connectivity index (χ0v) is 18.4. The van der Waals surface area contributed by atoms with Crippen LogP contribution in [0.3, 0.4) is 0 Å². The van der Waals surface area contributed by atoms with E-state index in [1.165, 1.54) is 30.6 Å². The minimum Gasteiger partial charge on any atom is -0.495 e. The third kappa shape index (κ3) is 5.35. The Morgan fingerprint density at radius 3 is 2.58 bits per heavy atom. The number of ether oxygens (including phenoxy) is 3. The number of amides is 1. The molecular weight excluding hydrogens is 420 g/mol. The average Bonchev–Trinajstić information content (AvgIpc) is 2.92. The second-order valence-corrected chi connectivity index (χ2v) is 8.18. The maximum absolute atomic E-state index is 12.6. The molecular formula is C22H26N2O6S. The number of fused-ring (bicyclic) bond motifs is 1. The van der Waals surface area contributed by atoms with Gasteiger partial charge in [0.25, 0.3) is 5.91 Å². The van der Waals surface area contributed by atoms with Gasteiger partial charge in [-0.05, 0) is 56.4 Å². The van der Waals surface area contributed by atoms with Gasteiger partial charge in [-0.25, -0.2) is 9.59 Å². The van der Waals surface area contributed by atoms with Crippen LogP contribution >= 0.6 is 11.3 Å². The molecule has 0 atom stereocenters. The Morgan fingerprint density at radius 2 is 1.87 bits per heavy atom. The molecule has 8 nitrogen and oxygen atoms in total. The number of hydrogen-bond donors (Lipinski definition) is 2. The number of aryl methyl sites for hydroxylation is 1. The zero-order valence-electron chi connectivity index (χ0n) is 17.6. The van der Waals surface area contributed by atoms with Gasteiger partial charge in [-0.15, -0.1) is 11.3 Å². The Balaban J connectivity index is 1.69. The third-order valence-electron chi connectivity index (χ3n) is 4.95. The van der Waals surface area contributed by atoms with Gasteiger partial charge in [0, 0.05) is 4.88 Å². The van der Waals surface area contributed by atoms with Crippen molar-refractivity contribution in [2.75, 3.05) is 31.4 Å². The number of nitrogen functional groups attached to an aromatic ring is 1. The number of rotatable bonds is 7. The van der Waals surface area contributed by atoms with E-state index in [1.807, 2.05) is 0 Å². The van der Waals surface area contributed by atoms with Crippen LogP contribution in [-0.2, 0) is 27.1 Å². The normalized spacial score (nSPS) is 13.0. The van der Waals surface area contributed by atoms with Gasteiger partial charge in [0.1, 0.15) is 10.8 Å². The lowest BCUT2D eigenvalue weighted by atomic mass is 10.1. The molecule has 0 saturated carbocycles. The first-order chi connectivity index (χ1) is 14.9. The molecule has 1 aliphatic carbocycles. The van der Waals surface area contributed by atoms with Gasteiger partial charge in [-0.3, -0.25) is 4.79 Å². The Morgan fingerprint density at radius 1 is 1.10 bits per heavy atom. The van der Waals surface area contributed by atoms with Crippen molar-refractivity contribution >= 4 is 39.9 Å².